The second kappa shape index (κ2) is 7.24. The average Bonchev–Trinajstić information content (AvgIpc) is 3.19. The van der Waals surface area contributed by atoms with Crippen molar-refractivity contribution in [1.82, 2.24) is 4.98 Å². The van der Waals surface area contributed by atoms with Crippen molar-refractivity contribution in [2.24, 2.45) is 4.99 Å². The fourth-order valence-corrected chi connectivity index (χ4v) is 2.85. The van der Waals surface area contributed by atoms with Crippen molar-refractivity contribution in [2.75, 3.05) is 10.6 Å². The standard InChI is InChI=1S/C13H9N3O.C8H5NO2/c17-13-12(15-9-4-3-7-14-8-9)10-5-1-2-6-11(10)16-13;10-7-5-3-1-2-4-6(5)9-8(7)11/h1-8H,(H,15,16,17);1-4H,(H,9,10,11). The van der Waals surface area contributed by atoms with Crippen LogP contribution in [0.25, 0.3) is 0 Å². The Morgan fingerprint density at radius 2 is 1.36 bits per heavy atom. The van der Waals surface area contributed by atoms with Crippen LogP contribution in [0.3, 0.4) is 0 Å². The molecule has 0 aliphatic carbocycles. The van der Waals surface area contributed by atoms with Crippen LogP contribution in [0.5, 0.6) is 0 Å². The number of amides is 2. The minimum absolute atomic E-state index is 0.171. The van der Waals surface area contributed by atoms with E-state index < -0.39 is 11.7 Å². The Kier molecular flexibility index (Phi) is 4.47. The maximum Gasteiger partial charge on any atom is 0.296 e. The van der Waals surface area contributed by atoms with Gasteiger partial charge in [-0.25, -0.2) is 4.99 Å². The van der Waals surface area contributed by atoms with Crippen LogP contribution in [0.2, 0.25) is 0 Å². The lowest BCUT2D eigenvalue weighted by molar-refractivity contribution is -0.112. The molecule has 7 nitrogen and oxygen atoms in total. The molecule has 2 aliphatic rings. The summed E-state index contributed by atoms with van der Waals surface area (Å²) < 4.78 is 0. The molecular formula is C21H14N4O3. The molecule has 0 spiro atoms. The van der Waals surface area contributed by atoms with Gasteiger partial charge in [-0.05, 0) is 30.3 Å². The molecule has 2 amide bonds. The smallest absolute Gasteiger partial charge is 0.296 e. The number of carbonyl (C=O) groups is 3. The lowest BCUT2D eigenvalue weighted by Crippen LogP contribution is -2.13. The predicted octanol–water partition coefficient (Wildman–Crippen LogP) is 2.98. The highest BCUT2D eigenvalue weighted by atomic mass is 16.2. The van der Waals surface area contributed by atoms with Gasteiger partial charge in [0.1, 0.15) is 5.71 Å². The van der Waals surface area contributed by atoms with Crippen LogP contribution in [0.15, 0.2) is 78.0 Å². The van der Waals surface area contributed by atoms with Crippen molar-refractivity contribution < 1.29 is 14.4 Å². The number of ketones is 1. The third kappa shape index (κ3) is 3.28. The first-order valence-corrected chi connectivity index (χ1v) is 8.47. The number of para-hydroxylation sites is 2. The maximum atomic E-state index is 11.8. The molecule has 0 atom stereocenters. The number of aromatic nitrogens is 1. The summed E-state index contributed by atoms with van der Waals surface area (Å²) in [4.78, 5) is 41.8. The highest BCUT2D eigenvalue weighted by Gasteiger charge is 2.26. The SMILES string of the molecule is O=C1Nc2ccccc2C1=Nc1cccnc1.O=C1Nc2ccccc2C1=O. The number of Topliss-reactive ketones (excluding diaryl/α,β-unsaturated/α-hetero) is 1. The first-order chi connectivity index (χ1) is 13.6. The molecule has 2 aliphatic heterocycles. The van der Waals surface area contributed by atoms with Gasteiger partial charge in [-0.1, -0.05) is 30.3 Å². The predicted molar refractivity (Wildman–Crippen MR) is 105 cm³/mol. The summed E-state index contributed by atoms with van der Waals surface area (Å²) in [5.41, 5.74) is 3.84. The third-order valence-electron chi connectivity index (χ3n) is 4.16. The summed E-state index contributed by atoms with van der Waals surface area (Å²) in [6.45, 7) is 0. The number of hydrogen-bond donors (Lipinski definition) is 2. The minimum Gasteiger partial charge on any atom is -0.320 e. The summed E-state index contributed by atoms with van der Waals surface area (Å²) in [5.74, 6) is -1.15. The van der Waals surface area contributed by atoms with E-state index in [1.54, 1.807) is 42.7 Å². The molecule has 0 saturated carbocycles. The van der Waals surface area contributed by atoms with Crippen LogP contribution in [0.1, 0.15) is 15.9 Å². The average molecular weight is 370 g/mol. The van der Waals surface area contributed by atoms with E-state index in [4.69, 9.17) is 0 Å². The number of benzene rings is 2. The van der Waals surface area contributed by atoms with Gasteiger partial charge in [-0.3, -0.25) is 19.4 Å². The van der Waals surface area contributed by atoms with Gasteiger partial charge in [0.05, 0.1) is 28.8 Å². The Hall–Kier alpha value is -4.13. The minimum atomic E-state index is -0.536. The molecule has 0 saturated heterocycles. The number of fused-ring (bicyclic) bond motifs is 2. The van der Waals surface area contributed by atoms with E-state index in [1.165, 1.54) is 0 Å². The van der Waals surface area contributed by atoms with Gasteiger partial charge in [-0.15, -0.1) is 0 Å². The van der Waals surface area contributed by atoms with E-state index in [-0.39, 0.29) is 5.91 Å². The summed E-state index contributed by atoms with van der Waals surface area (Å²) in [6.07, 6.45) is 3.30. The van der Waals surface area contributed by atoms with Gasteiger partial charge in [-0.2, -0.15) is 0 Å². The summed E-state index contributed by atoms with van der Waals surface area (Å²) in [7, 11) is 0. The molecule has 2 aromatic carbocycles. The molecule has 136 valence electrons. The number of aliphatic imine (C=N–C) groups is 1. The van der Waals surface area contributed by atoms with Crippen LogP contribution in [-0.4, -0.2) is 28.3 Å². The van der Waals surface area contributed by atoms with Crippen molar-refractivity contribution in [3.05, 3.63) is 84.2 Å². The van der Waals surface area contributed by atoms with Crippen molar-refractivity contribution >= 4 is 40.4 Å². The second-order valence-electron chi connectivity index (χ2n) is 6.00. The van der Waals surface area contributed by atoms with Gasteiger partial charge in [0.25, 0.3) is 17.6 Å². The fourth-order valence-electron chi connectivity index (χ4n) is 2.85. The normalized spacial score (nSPS) is 15.3. The van der Waals surface area contributed by atoms with Crippen LogP contribution in [0, 0.1) is 0 Å². The molecule has 3 heterocycles. The zero-order valence-electron chi connectivity index (χ0n) is 14.5. The van der Waals surface area contributed by atoms with Crippen LogP contribution in [-0.2, 0) is 9.59 Å². The zero-order valence-corrected chi connectivity index (χ0v) is 14.5. The Morgan fingerprint density at radius 1 is 0.714 bits per heavy atom. The van der Waals surface area contributed by atoms with Crippen LogP contribution in [0.4, 0.5) is 17.1 Å². The topological polar surface area (TPSA) is 101 Å². The molecule has 0 bridgehead atoms. The van der Waals surface area contributed by atoms with Crippen molar-refractivity contribution in [2.45, 2.75) is 0 Å². The molecule has 1 aromatic heterocycles. The van der Waals surface area contributed by atoms with Crippen LogP contribution >= 0.6 is 0 Å². The zero-order chi connectivity index (χ0) is 19.5. The van der Waals surface area contributed by atoms with E-state index in [0.717, 1.165) is 11.3 Å². The van der Waals surface area contributed by atoms with Crippen molar-refractivity contribution in [3.63, 3.8) is 0 Å². The molecule has 2 N–H and O–H groups in total. The molecule has 0 unspecified atom stereocenters. The van der Waals surface area contributed by atoms with E-state index >= 15 is 0 Å². The molecular weight excluding hydrogens is 356 g/mol. The number of nitrogens with zero attached hydrogens (tertiary/aromatic N) is 2. The Bertz CT molecular complexity index is 1120. The highest BCUT2D eigenvalue weighted by molar-refractivity contribution is 6.54. The van der Waals surface area contributed by atoms with Gasteiger partial charge in [0.2, 0.25) is 0 Å². The summed E-state index contributed by atoms with van der Waals surface area (Å²) in [6, 6.07) is 18.0. The largest absolute Gasteiger partial charge is 0.320 e. The lowest BCUT2D eigenvalue weighted by atomic mass is 10.1. The van der Waals surface area contributed by atoms with E-state index in [9.17, 15) is 14.4 Å². The first kappa shape index (κ1) is 17.3. The second-order valence-corrected chi connectivity index (χ2v) is 6.00. The maximum absolute atomic E-state index is 11.8. The quantitative estimate of drug-likeness (QED) is 0.643. The fraction of sp³-hybridized carbons (Fsp3) is 0. The Labute approximate surface area is 160 Å². The molecule has 7 heteroatoms. The molecule has 3 aromatic rings. The van der Waals surface area contributed by atoms with Crippen molar-refractivity contribution in [3.8, 4) is 0 Å². The van der Waals surface area contributed by atoms with Crippen molar-refractivity contribution in [1.29, 1.82) is 0 Å². The number of pyridine rings is 1. The number of carbonyl (C=O) groups excluding carboxylic acids is 3. The molecule has 0 fully saturated rings. The monoisotopic (exact) mass is 370 g/mol. The van der Waals surface area contributed by atoms with Crippen LogP contribution < -0.4 is 10.6 Å². The lowest BCUT2D eigenvalue weighted by Gasteiger charge is -1.96. The van der Waals surface area contributed by atoms with E-state index in [0.29, 0.717) is 22.6 Å². The van der Waals surface area contributed by atoms with E-state index in [1.807, 2.05) is 30.3 Å². The Balaban J connectivity index is 0.000000151. The number of rotatable bonds is 1. The number of anilines is 2. The highest BCUT2D eigenvalue weighted by Crippen LogP contribution is 2.25. The summed E-state index contributed by atoms with van der Waals surface area (Å²) >= 11 is 0. The van der Waals surface area contributed by atoms with Gasteiger partial charge >= 0.3 is 0 Å². The number of nitrogens with one attached hydrogen (secondary N) is 2. The molecule has 28 heavy (non-hydrogen) atoms. The van der Waals surface area contributed by atoms with E-state index in [2.05, 4.69) is 20.6 Å². The first-order valence-electron chi connectivity index (χ1n) is 8.47. The molecule has 5 rings (SSSR count). The van der Waals surface area contributed by atoms with Gasteiger partial charge in [0, 0.05) is 11.8 Å². The van der Waals surface area contributed by atoms with Gasteiger partial charge < -0.3 is 10.6 Å². The number of hydrogen-bond acceptors (Lipinski definition) is 5. The Morgan fingerprint density at radius 3 is 2.04 bits per heavy atom. The summed E-state index contributed by atoms with van der Waals surface area (Å²) in [5, 5.41) is 5.24. The third-order valence-corrected chi connectivity index (χ3v) is 4.16. The van der Waals surface area contributed by atoms with Gasteiger partial charge in [0.15, 0.2) is 0 Å². The molecule has 0 radical (unpaired) electrons.